The van der Waals surface area contributed by atoms with Gasteiger partial charge in [-0.05, 0) is 43.5 Å². The third kappa shape index (κ3) is 4.30. The van der Waals surface area contributed by atoms with Crippen LogP contribution in [0.3, 0.4) is 0 Å². The highest BCUT2D eigenvalue weighted by Gasteiger charge is 2.13. The molecular formula is C21H22N6O2S. The molecular weight excluding hydrogens is 400 g/mol. The maximum atomic E-state index is 12.4. The second-order valence-electron chi connectivity index (χ2n) is 6.94. The minimum absolute atomic E-state index is 0.0714. The number of nitrogens with zero attached hydrogens (tertiary/aromatic N) is 5. The zero-order chi connectivity index (χ0) is 21.1. The molecule has 0 atom stereocenters. The number of nitrogens with one attached hydrogen (secondary N) is 1. The van der Waals surface area contributed by atoms with Gasteiger partial charge in [0.15, 0.2) is 5.13 Å². The van der Waals surface area contributed by atoms with Crippen LogP contribution in [0.4, 0.5) is 5.13 Å². The van der Waals surface area contributed by atoms with Gasteiger partial charge < -0.3 is 10.1 Å². The van der Waals surface area contributed by atoms with E-state index in [1.165, 1.54) is 23.2 Å². The van der Waals surface area contributed by atoms with Gasteiger partial charge in [0.25, 0.3) is 5.78 Å². The Labute approximate surface area is 178 Å². The van der Waals surface area contributed by atoms with Crippen LogP contribution in [-0.2, 0) is 17.6 Å². The number of rotatable bonds is 7. The molecule has 9 heteroatoms. The molecule has 154 valence electrons. The molecule has 0 fully saturated rings. The fourth-order valence-electron chi connectivity index (χ4n) is 3.33. The summed E-state index contributed by atoms with van der Waals surface area (Å²) in [7, 11) is 1.65. The first kappa shape index (κ1) is 20.0. The topological polar surface area (TPSA) is 94.3 Å². The number of methoxy groups -OCH3 is 1. The number of thiazole rings is 1. The molecule has 0 aliphatic rings. The summed E-state index contributed by atoms with van der Waals surface area (Å²) in [5, 5.41) is 7.70. The lowest BCUT2D eigenvalue weighted by atomic mass is 10.1. The van der Waals surface area contributed by atoms with Crippen molar-refractivity contribution in [1.29, 1.82) is 0 Å². The van der Waals surface area contributed by atoms with Crippen molar-refractivity contribution in [2.75, 3.05) is 12.4 Å². The number of amides is 1. The lowest BCUT2D eigenvalue weighted by Crippen LogP contribution is -2.14. The summed E-state index contributed by atoms with van der Waals surface area (Å²) in [4.78, 5) is 26.4. The molecule has 1 amide bonds. The lowest BCUT2D eigenvalue weighted by Gasteiger charge is -2.10. The second kappa shape index (κ2) is 8.58. The van der Waals surface area contributed by atoms with Crippen molar-refractivity contribution in [3.8, 4) is 5.75 Å². The summed E-state index contributed by atoms with van der Waals surface area (Å²) >= 11 is 1.49. The summed E-state index contributed by atoms with van der Waals surface area (Å²) in [5.74, 6) is 1.34. The molecule has 1 aromatic carbocycles. The number of hydrogen-bond donors (Lipinski definition) is 1. The zero-order valence-electron chi connectivity index (χ0n) is 17.0. The highest BCUT2D eigenvalue weighted by atomic mass is 32.1. The first-order chi connectivity index (χ1) is 14.5. The van der Waals surface area contributed by atoms with E-state index in [1.54, 1.807) is 17.8 Å². The molecule has 0 saturated carbocycles. The third-order valence-corrected chi connectivity index (χ3v) is 5.84. The van der Waals surface area contributed by atoms with Gasteiger partial charge in [0, 0.05) is 35.3 Å². The largest absolute Gasteiger partial charge is 0.497 e. The van der Waals surface area contributed by atoms with E-state index >= 15 is 0 Å². The van der Waals surface area contributed by atoms with Crippen LogP contribution in [0.2, 0.25) is 0 Å². The van der Waals surface area contributed by atoms with E-state index in [1.807, 2.05) is 38.1 Å². The van der Waals surface area contributed by atoms with Gasteiger partial charge in [-0.15, -0.1) is 11.3 Å². The fraction of sp³-hybridized carbons (Fsp3) is 0.286. The Balaban J connectivity index is 1.35. The number of benzene rings is 1. The smallest absolute Gasteiger partial charge is 0.252 e. The van der Waals surface area contributed by atoms with Crippen LogP contribution in [0.1, 0.15) is 33.8 Å². The van der Waals surface area contributed by atoms with Crippen LogP contribution >= 0.6 is 11.3 Å². The molecule has 3 heterocycles. The number of ether oxygens (including phenoxy) is 1. The molecule has 3 aromatic heterocycles. The Kier molecular flexibility index (Phi) is 5.71. The van der Waals surface area contributed by atoms with Crippen molar-refractivity contribution in [3.05, 3.63) is 64.2 Å². The number of carbonyl (C=O) groups is 1. The Morgan fingerprint density at radius 3 is 2.77 bits per heavy atom. The molecule has 0 bridgehead atoms. The lowest BCUT2D eigenvalue weighted by molar-refractivity contribution is -0.116. The summed E-state index contributed by atoms with van der Waals surface area (Å²) in [6, 6.07) is 7.94. The number of carbonyl (C=O) groups excluding carboxylic acids is 1. The highest BCUT2D eigenvalue weighted by Crippen LogP contribution is 2.23. The van der Waals surface area contributed by atoms with E-state index in [2.05, 4.69) is 25.4 Å². The van der Waals surface area contributed by atoms with E-state index in [0.29, 0.717) is 23.8 Å². The Morgan fingerprint density at radius 1 is 1.20 bits per heavy atom. The van der Waals surface area contributed by atoms with E-state index in [9.17, 15) is 4.79 Å². The van der Waals surface area contributed by atoms with Crippen LogP contribution in [0.25, 0.3) is 5.78 Å². The average Bonchev–Trinajstić information content (AvgIpc) is 3.38. The number of fused-ring (bicyclic) bond motifs is 1. The highest BCUT2D eigenvalue weighted by molar-refractivity contribution is 7.15. The predicted octanol–water partition coefficient (Wildman–Crippen LogP) is 3.37. The van der Waals surface area contributed by atoms with Crippen molar-refractivity contribution >= 4 is 28.2 Å². The fourth-order valence-corrected chi connectivity index (χ4v) is 4.19. The average molecular weight is 423 g/mol. The molecule has 0 unspecified atom stereocenters. The van der Waals surface area contributed by atoms with Crippen molar-refractivity contribution in [1.82, 2.24) is 24.6 Å². The number of hydrogen-bond acceptors (Lipinski definition) is 7. The summed E-state index contributed by atoms with van der Waals surface area (Å²) in [6.07, 6.45) is 4.98. The maximum absolute atomic E-state index is 12.4. The third-order valence-electron chi connectivity index (χ3n) is 4.93. The predicted molar refractivity (Wildman–Crippen MR) is 115 cm³/mol. The molecule has 4 rings (SSSR count). The maximum Gasteiger partial charge on any atom is 0.252 e. The summed E-state index contributed by atoms with van der Waals surface area (Å²) in [5.41, 5.74) is 4.01. The molecule has 0 saturated heterocycles. The number of aromatic nitrogens is 5. The molecule has 0 aliphatic heterocycles. The van der Waals surface area contributed by atoms with Gasteiger partial charge in [-0.25, -0.2) is 14.5 Å². The number of aryl methyl sites for hydroxylation is 2. The van der Waals surface area contributed by atoms with Gasteiger partial charge in [0.1, 0.15) is 12.1 Å². The Bertz CT molecular complexity index is 1180. The van der Waals surface area contributed by atoms with Crippen LogP contribution in [0.5, 0.6) is 5.75 Å². The van der Waals surface area contributed by atoms with Crippen molar-refractivity contribution < 1.29 is 9.53 Å². The van der Waals surface area contributed by atoms with Crippen LogP contribution in [-0.4, -0.2) is 37.6 Å². The minimum atomic E-state index is -0.0714. The minimum Gasteiger partial charge on any atom is -0.497 e. The van der Waals surface area contributed by atoms with Crippen LogP contribution in [0, 0.1) is 13.8 Å². The van der Waals surface area contributed by atoms with Gasteiger partial charge in [0.2, 0.25) is 5.91 Å². The van der Waals surface area contributed by atoms with Crippen molar-refractivity contribution in [2.45, 2.75) is 33.1 Å². The standard InChI is InChI=1S/C21H22N6O2S/c1-13-18(14(2)27-20(25-13)23-12-24-27)8-9-19(28)26-21-22-11-17(30-21)10-15-4-6-16(29-3)7-5-15/h4-7,11-12H,8-10H2,1-3H3,(H,22,26,28). The van der Waals surface area contributed by atoms with Gasteiger partial charge in [-0.1, -0.05) is 12.1 Å². The quantitative estimate of drug-likeness (QED) is 0.491. The van der Waals surface area contributed by atoms with E-state index in [4.69, 9.17) is 4.74 Å². The Hall–Kier alpha value is -3.33. The molecule has 1 N–H and O–H groups in total. The first-order valence-corrected chi connectivity index (χ1v) is 10.4. The Morgan fingerprint density at radius 2 is 2.00 bits per heavy atom. The van der Waals surface area contributed by atoms with E-state index in [0.717, 1.165) is 34.0 Å². The molecule has 30 heavy (non-hydrogen) atoms. The van der Waals surface area contributed by atoms with E-state index < -0.39 is 0 Å². The normalized spacial score (nSPS) is 11.0. The molecule has 8 nitrogen and oxygen atoms in total. The molecule has 0 aliphatic carbocycles. The molecule has 0 spiro atoms. The summed E-state index contributed by atoms with van der Waals surface area (Å²) in [6.45, 7) is 3.90. The van der Waals surface area contributed by atoms with Crippen LogP contribution < -0.4 is 10.1 Å². The van der Waals surface area contributed by atoms with Gasteiger partial charge in [-0.3, -0.25) is 4.79 Å². The molecule has 0 radical (unpaired) electrons. The van der Waals surface area contributed by atoms with Crippen molar-refractivity contribution in [3.63, 3.8) is 0 Å². The molecule has 4 aromatic rings. The summed E-state index contributed by atoms with van der Waals surface area (Å²) < 4.78 is 6.89. The van der Waals surface area contributed by atoms with Crippen LogP contribution in [0.15, 0.2) is 36.8 Å². The van der Waals surface area contributed by atoms with Crippen molar-refractivity contribution in [2.24, 2.45) is 0 Å². The van der Waals surface area contributed by atoms with E-state index in [-0.39, 0.29) is 5.91 Å². The van der Waals surface area contributed by atoms with Gasteiger partial charge >= 0.3 is 0 Å². The van der Waals surface area contributed by atoms with Gasteiger partial charge in [-0.2, -0.15) is 10.1 Å². The number of anilines is 1. The second-order valence-corrected chi connectivity index (χ2v) is 8.05. The first-order valence-electron chi connectivity index (χ1n) is 9.57. The monoisotopic (exact) mass is 422 g/mol. The zero-order valence-corrected chi connectivity index (χ0v) is 17.9. The van der Waals surface area contributed by atoms with Gasteiger partial charge in [0.05, 0.1) is 7.11 Å². The SMILES string of the molecule is COc1ccc(Cc2cnc(NC(=O)CCc3c(C)nc4ncnn4c3C)s2)cc1.